The third kappa shape index (κ3) is 4.06. The van der Waals surface area contributed by atoms with Crippen molar-refractivity contribution in [2.75, 3.05) is 12.4 Å². The number of carbonyl (C=O) groups excluding carboxylic acids is 1. The number of amides is 1. The van der Waals surface area contributed by atoms with E-state index >= 15 is 0 Å². The first-order valence-corrected chi connectivity index (χ1v) is 10.5. The maximum absolute atomic E-state index is 12.6. The minimum atomic E-state index is -0.0689. The van der Waals surface area contributed by atoms with Gasteiger partial charge in [0, 0.05) is 17.9 Å². The highest BCUT2D eigenvalue weighted by molar-refractivity contribution is 5.92. The number of benzene rings is 2. The summed E-state index contributed by atoms with van der Waals surface area (Å²) in [7, 11) is 1.68. The van der Waals surface area contributed by atoms with Crippen molar-refractivity contribution in [1.82, 2.24) is 9.97 Å². The number of carbonyl (C=O) groups is 1. The van der Waals surface area contributed by atoms with Crippen molar-refractivity contribution < 1.29 is 9.53 Å². The molecule has 1 aromatic heterocycles. The zero-order valence-corrected chi connectivity index (χ0v) is 17.7. The lowest BCUT2D eigenvalue weighted by Crippen LogP contribution is -2.23. The summed E-state index contributed by atoms with van der Waals surface area (Å²) in [6, 6.07) is 16.3. The van der Waals surface area contributed by atoms with Gasteiger partial charge in [-0.05, 0) is 48.6 Å². The topological polar surface area (TPSA) is 64.1 Å². The van der Waals surface area contributed by atoms with Crippen molar-refractivity contribution in [3.8, 4) is 17.0 Å². The second kappa shape index (κ2) is 8.66. The van der Waals surface area contributed by atoms with E-state index in [2.05, 4.69) is 29.6 Å². The third-order valence-electron chi connectivity index (χ3n) is 5.75. The van der Waals surface area contributed by atoms with Gasteiger partial charge < -0.3 is 10.1 Å². The van der Waals surface area contributed by atoms with Crippen LogP contribution in [0.5, 0.6) is 5.75 Å². The molecule has 1 amide bonds. The van der Waals surface area contributed by atoms with Gasteiger partial charge in [-0.3, -0.25) is 4.79 Å². The first-order valence-electron chi connectivity index (χ1n) is 10.5. The molecule has 2 aromatic carbocycles. The lowest BCUT2D eigenvalue weighted by molar-refractivity contribution is -0.119. The van der Waals surface area contributed by atoms with E-state index in [1.807, 2.05) is 38.1 Å². The summed E-state index contributed by atoms with van der Waals surface area (Å²) in [6.07, 6.45) is 3.07. The van der Waals surface area contributed by atoms with E-state index in [-0.39, 0.29) is 11.8 Å². The predicted molar refractivity (Wildman–Crippen MR) is 119 cm³/mol. The van der Waals surface area contributed by atoms with Gasteiger partial charge in [-0.25, -0.2) is 9.97 Å². The van der Waals surface area contributed by atoms with Crippen molar-refractivity contribution in [1.29, 1.82) is 0 Å². The maximum atomic E-state index is 12.6. The fourth-order valence-corrected chi connectivity index (χ4v) is 3.72. The zero-order chi connectivity index (χ0) is 21.1. The fraction of sp³-hybridized carbons (Fsp3) is 0.320. The minimum Gasteiger partial charge on any atom is -0.497 e. The Morgan fingerprint density at radius 1 is 1.13 bits per heavy atom. The van der Waals surface area contributed by atoms with Crippen LogP contribution in [-0.2, 0) is 24.1 Å². The minimum absolute atomic E-state index is 0.0120. The lowest BCUT2D eigenvalue weighted by atomic mass is 9.91. The number of anilines is 1. The molecule has 0 bridgehead atoms. The maximum Gasteiger partial charge on any atom is 0.228 e. The van der Waals surface area contributed by atoms with Crippen LogP contribution in [0.4, 0.5) is 5.82 Å². The van der Waals surface area contributed by atoms with Crippen LogP contribution in [0.3, 0.4) is 0 Å². The van der Waals surface area contributed by atoms with E-state index in [1.165, 1.54) is 5.56 Å². The van der Waals surface area contributed by atoms with Gasteiger partial charge in [-0.15, -0.1) is 0 Å². The Labute approximate surface area is 177 Å². The fourth-order valence-electron chi connectivity index (χ4n) is 3.72. The summed E-state index contributed by atoms with van der Waals surface area (Å²) in [5, 5.41) is 3.04. The molecule has 1 atom stereocenters. The average molecular weight is 402 g/mol. The number of methoxy groups -OCH3 is 1. The number of nitrogens with zero attached hydrogens (tertiary/aromatic N) is 2. The van der Waals surface area contributed by atoms with Gasteiger partial charge in [-0.2, -0.15) is 0 Å². The molecule has 5 heteroatoms. The van der Waals surface area contributed by atoms with Crippen molar-refractivity contribution in [2.24, 2.45) is 5.92 Å². The van der Waals surface area contributed by atoms with Gasteiger partial charge in [0.25, 0.3) is 0 Å². The van der Waals surface area contributed by atoms with Gasteiger partial charge in [0.15, 0.2) is 5.82 Å². The number of fused-ring (bicyclic) bond motifs is 3. The van der Waals surface area contributed by atoms with Gasteiger partial charge in [-0.1, -0.05) is 44.2 Å². The molecule has 0 aliphatic heterocycles. The van der Waals surface area contributed by atoms with E-state index in [0.29, 0.717) is 12.2 Å². The van der Waals surface area contributed by atoms with Crippen LogP contribution in [0.2, 0.25) is 0 Å². The molecular weight excluding hydrogens is 374 g/mol. The van der Waals surface area contributed by atoms with E-state index < -0.39 is 0 Å². The van der Waals surface area contributed by atoms with Crippen molar-refractivity contribution >= 4 is 11.7 Å². The van der Waals surface area contributed by atoms with E-state index in [0.717, 1.165) is 53.2 Å². The highest BCUT2D eigenvalue weighted by Gasteiger charge is 2.23. The molecule has 30 heavy (non-hydrogen) atoms. The third-order valence-corrected chi connectivity index (χ3v) is 5.75. The number of ether oxygens (including phenoxy) is 1. The van der Waals surface area contributed by atoms with Crippen molar-refractivity contribution in [3.05, 3.63) is 71.0 Å². The number of nitrogens with one attached hydrogen (secondary N) is 1. The summed E-state index contributed by atoms with van der Waals surface area (Å²) in [6.45, 7) is 3.94. The normalized spacial score (nSPS) is 13.2. The Bertz CT molecular complexity index is 1060. The summed E-state index contributed by atoms with van der Waals surface area (Å²) in [5.41, 5.74) is 6.09. The van der Waals surface area contributed by atoms with Gasteiger partial charge >= 0.3 is 0 Å². The first kappa shape index (κ1) is 20.1. The first-order chi connectivity index (χ1) is 14.6. The molecule has 3 aromatic rings. The number of hydrogen-bond acceptors (Lipinski definition) is 4. The Morgan fingerprint density at radius 2 is 1.93 bits per heavy atom. The zero-order valence-electron chi connectivity index (χ0n) is 17.7. The van der Waals surface area contributed by atoms with Crippen LogP contribution in [0, 0.1) is 5.92 Å². The molecule has 0 saturated carbocycles. The molecule has 4 rings (SSSR count). The Morgan fingerprint density at radius 3 is 2.67 bits per heavy atom. The summed E-state index contributed by atoms with van der Waals surface area (Å²) >= 11 is 0. The molecule has 0 radical (unpaired) electrons. The number of hydrogen-bond donors (Lipinski definition) is 1. The standard InChI is InChI=1S/C25H27N3O2/c1-4-16(2)25(29)28-24-22(14-17-8-6-5-7-9-17)26-23-20-12-11-19(30-3)15-18(20)10-13-21(23)27-24/h5-9,11-12,15-16H,4,10,13-14H2,1-3H3,(H,27,28,29). The largest absolute Gasteiger partial charge is 0.497 e. The predicted octanol–water partition coefficient (Wildman–Crippen LogP) is 4.83. The van der Waals surface area contributed by atoms with Crippen LogP contribution in [-0.4, -0.2) is 23.0 Å². The highest BCUT2D eigenvalue weighted by Crippen LogP contribution is 2.35. The highest BCUT2D eigenvalue weighted by atomic mass is 16.5. The number of rotatable bonds is 6. The van der Waals surface area contributed by atoms with Crippen LogP contribution < -0.4 is 10.1 Å². The quantitative estimate of drug-likeness (QED) is 0.643. The van der Waals surface area contributed by atoms with Crippen molar-refractivity contribution in [2.45, 2.75) is 39.5 Å². The second-order valence-corrected chi connectivity index (χ2v) is 7.80. The van der Waals surface area contributed by atoms with E-state index in [4.69, 9.17) is 14.7 Å². The lowest BCUT2D eigenvalue weighted by Gasteiger charge is -2.22. The smallest absolute Gasteiger partial charge is 0.228 e. The number of aryl methyl sites for hydroxylation is 2. The molecule has 1 aliphatic rings. The molecule has 154 valence electrons. The van der Waals surface area contributed by atoms with Gasteiger partial charge in [0.05, 0.1) is 24.2 Å². The summed E-state index contributed by atoms with van der Waals surface area (Å²) in [5.74, 6) is 1.36. The van der Waals surface area contributed by atoms with Crippen molar-refractivity contribution in [3.63, 3.8) is 0 Å². The molecule has 0 fully saturated rings. The SMILES string of the molecule is CCC(C)C(=O)Nc1nc2c(nc1Cc1ccccc1)-c1ccc(OC)cc1CC2. The molecule has 0 spiro atoms. The van der Waals surface area contributed by atoms with Gasteiger partial charge in [0.1, 0.15) is 5.75 Å². The molecule has 0 saturated heterocycles. The monoisotopic (exact) mass is 401 g/mol. The second-order valence-electron chi connectivity index (χ2n) is 7.80. The van der Waals surface area contributed by atoms with Crippen LogP contribution in [0.15, 0.2) is 48.5 Å². The molecule has 1 unspecified atom stereocenters. The Hall–Kier alpha value is -3.21. The molecule has 1 aliphatic carbocycles. The van der Waals surface area contributed by atoms with Crippen LogP contribution in [0.1, 0.15) is 42.8 Å². The molecular formula is C25H27N3O2. The van der Waals surface area contributed by atoms with E-state index in [1.54, 1.807) is 7.11 Å². The average Bonchev–Trinajstić information content (AvgIpc) is 2.79. The summed E-state index contributed by atoms with van der Waals surface area (Å²) in [4.78, 5) is 22.5. The Kier molecular flexibility index (Phi) is 5.79. The molecule has 1 heterocycles. The van der Waals surface area contributed by atoms with Crippen LogP contribution >= 0.6 is 0 Å². The molecule has 5 nitrogen and oxygen atoms in total. The summed E-state index contributed by atoms with van der Waals surface area (Å²) < 4.78 is 5.38. The van der Waals surface area contributed by atoms with E-state index in [9.17, 15) is 4.79 Å². The Balaban J connectivity index is 1.78. The van der Waals surface area contributed by atoms with Gasteiger partial charge in [0.2, 0.25) is 5.91 Å². The number of aromatic nitrogens is 2. The van der Waals surface area contributed by atoms with Crippen LogP contribution in [0.25, 0.3) is 11.3 Å². The molecule has 1 N–H and O–H groups in total.